The maximum absolute atomic E-state index is 12.4. The largest absolute Gasteiger partial charge is 0.476 e. The number of piperidine rings is 1. The fourth-order valence-electron chi connectivity index (χ4n) is 2.26. The summed E-state index contributed by atoms with van der Waals surface area (Å²) in [6, 6.07) is 0. The lowest BCUT2D eigenvalue weighted by atomic mass is 9.94. The number of oxazole rings is 1. The fourth-order valence-corrected chi connectivity index (χ4v) is 2.26. The molecule has 1 saturated heterocycles. The molecule has 6 nitrogen and oxygen atoms in total. The van der Waals surface area contributed by atoms with Gasteiger partial charge in [-0.25, -0.2) is 9.78 Å². The van der Waals surface area contributed by atoms with E-state index in [9.17, 15) is 22.8 Å². The number of carbonyl (C=O) groups is 2. The van der Waals surface area contributed by atoms with Gasteiger partial charge < -0.3 is 14.4 Å². The average Bonchev–Trinajstić information content (AvgIpc) is 2.86. The minimum absolute atomic E-state index is 0.00855. The molecule has 0 radical (unpaired) electrons. The SMILES string of the molecule is O=C(O)c1ncoc1C1CCCN(C(=O)C(F)(F)F)C1. The Labute approximate surface area is 111 Å². The minimum atomic E-state index is -4.93. The first-order chi connectivity index (χ1) is 9.30. The average molecular weight is 292 g/mol. The van der Waals surface area contributed by atoms with Crippen molar-refractivity contribution < 1.29 is 32.3 Å². The molecule has 2 rings (SSSR count). The molecular formula is C11H11F3N2O4. The van der Waals surface area contributed by atoms with Crippen LogP contribution in [0.2, 0.25) is 0 Å². The zero-order chi connectivity index (χ0) is 14.9. The van der Waals surface area contributed by atoms with Crippen molar-refractivity contribution in [2.75, 3.05) is 13.1 Å². The van der Waals surface area contributed by atoms with Crippen molar-refractivity contribution in [1.29, 1.82) is 0 Å². The minimum Gasteiger partial charge on any atom is -0.476 e. The third-order valence-electron chi connectivity index (χ3n) is 3.12. The molecule has 20 heavy (non-hydrogen) atoms. The van der Waals surface area contributed by atoms with Gasteiger partial charge in [0.05, 0.1) is 0 Å². The maximum Gasteiger partial charge on any atom is 0.471 e. The van der Waals surface area contributed by atoms with E-state index in [0.717, 1.165) is 6.39 Å². The van der Waals surface area contributed by atoms with Crippen LogP contribution in [0.15, 0.2) is 10.8 Å². The Hall–Kier alpha value is -2.06. The number of carbonyl (C=O) groups excluding carboxylic acids is 1. The number of aromatic nitrogens is 1. The van der Waals surface area contributed by atoms with E-state index in [4.69, 9.17) is 9.52 Å². The van der Waals surface area contributed by atoms with E-state index in [0.29, 0.717) is 17.7 Å². The van der Waals surface area contributed by atoms with Crippen LogP contribution in [0.1, 0.15) is 35.0 Å². The Bertz CT molecular complexity index is 526. The number of amides is 1. The van der Waals surface area contributed by atoms with Crippen molar-refractivity contribution in [3.63, 3.8) is 0 Å². The number of halogens is 3. The highest BCUT2D eigenvalue weighted by molar-refractivity contribution is 5.86. The zero-order valence-electron chi connectivity index (χ0n) is 10.2. The van der Waals surface area contributed by atoms with Crippen molar-refractivity contribution >= 4 is 11.9 Å². The summed E-state index contributed by atoms with van der Waals surface area (Å²) in [6.45, 7) is -0.237. The third-order valence-corrected chi connectivity index (χ3v) is 3.12. The van der Waals surface area contributed by atoms with Gasteiger partial charge in [0.1, 0.15) is 5.76 Å². The Morgan fingerprint density at radius 2 is 2.15 bits per heavy atom. The summed E-state index contributed by atoms with van der Waals surface area (Å²) in [5.74, 6) is -3.81. The van der Waals surface area contributed by atoms with Crippen molar-refractivity contribution in [2.45, 2.75) is 24.9 Å². The first-order valence-corrected chi connectivity index (χ1v) is 5.83. The van der Waals surface area contributed by atoms with Crippen LogP contribution >= 0.6 is 0 Å². The lowest BCUT2D eigenvalue weighted by Crippen LogP contribution is -2.45. The second-order valence-electron chi connectivity index (χ2n) is 4.46. The zero-order valence-corrected chi connectivity index (χ0v) is 10.2. The van der Waals surface area contributed by atoms with Gasteiger partial charge in [-0.1, -0.05) is 0 Å². The fraction of sp³-hybridized carbons (Fsp3) is 0.545. The topological polar surface area (TPSA) is 83.6 Å². The Morgan fingerprint density at radius 3 is 2.75 bits per heavy atom. The van der Waals surface area contributed by atoms with E-state index in [1.54, 1.807) is 0 Å². The predicted octanol–water partition coefficient (Wildman–Crippen LogP) is 1.64. The summed E-state index contributed by atoms with van der Waals surface area (Å²) < 4.78 is 42.1. The number of alkyl halides is 3. The molecule has 2 heterocycles. The molecule has 1 amide bonds. The number of hydrogen-bond acceptors (Lipinski definition) is 4. The molecule has 0 aliphatic carbocycles. The highest BCUT2D eigenvalue weighted by Gasteiger charge is 2.44. The molecule has 1 aliphatic heterocycles. The van der Waals surface area contributed by atoms with E-state index >= 15 is 0 Å². The van der Waals surface area contributed by atoms with Crippen LogP contribution in [0.4, 0.5) is 13.2 Å². The van der Waals surface area contributed by atoms with E-state index in [2.05, 4.69) is 4.98 Å². The normalized spacial score (nSPS) is 19.9. The smallest absolute Gasteiger partial charge is 0.471 e. The molecule has 1 aliphatic rings. The van der Waals surface area contributed by atoms with Gasteiger partial charge in [0, 0.05) is 19.0 Å². The standard InChI is InChI=1S/C11H11F3N2O4/c12-11(13,14)10(19)16-3-1-2-6(4-16)8-7(9(17)18)15-5-20-8/h5-6H,1-4H2,(H,17,18). The number of hydrogen-bond donors (Lipinski definition) is 1. The van der Waals surface area contributed by atoms with E-state index in [1.165, 1.54) is 0 Å². The maximum atomic E-state index is 12.4. The summed E-state index contributed by atoms with van der Waals surface area (Å²) in [5, 5.41) is 8.91. The number of aromatic carboxylic acids is 1. The molecular weight excluding hydrogens is 281 g/mol. The van der Waals surface area contributed by atoms with Gasteiger partial charge >= 0.3 is 18.1 Å². The summed E-state index contributed by atoms with van der Waals surface area (Å²) in [5.41, 5.74) is -0.323. The molecule has 0 saturated carbocycles. The van der Waals surface area contributed by atoms with E-state index < -0.39 is 24.0 Å². The first kappa shape index (κ1) is 14.4. The summed E-state index contributed by atoms with van der Waals surface area (Å²) in [7, 11) is 0. The van der Waals surface area contributed by atoms with Crippen LogP contribution in [-0.2, 0) is 4.79 Å². The van der Waals surface area contributed by atoms with Gasteiger partial charge in [-0.3, -0.25) is 4.79 Å². The summed E-state index contributed by atoms with van der Waals surface area (Å²) >= 11 is 0. The van der Waals surface area contributed by atoms with Crippen LogP contribution in [-0.4, -0.2) is 46.1 Å². The first-order valence-electron chi connectivity index (χ1n) is 5.83. The number of carboxylic acids is 1. The Kier molecular flexibility index (Phi) is 3.69. The number of rotatable bonds is 2. The number of nitrogens with zero attached hydrogens (tertiary/aromatic N) is 2. The van der Waals surface area contributed by atoms with Gasteiger partial charge in [0.15, 0.2) is 12.1 Å². The van der Waals surface area contributed by atoms with Gasteiger partial charge in [-0.2, -0.15) is 13.2 Å². The second kappa shape index (κ2) is 5.14. The van der Waals surface area contributed by atoms with Gasteiger partial charge in [0.2, 0.25) is 0 Å². The van der Waals surface area contributed by atoms with Gasteiger partial charge in [-0.15, -0.1) is 0 Å². The predicted molar refractivity (Wildman–Crippen MR) is 58.1 cm³/mol. The van der Waals surface area contributed by atoms with Crippen LogP contribution in [0.3, 0.4) is 0 Å². The Morgan fingerprint density at radius 1 is 1.45 bits per heavy atom. The van der Waals surface area contributed by atoms with Gasteiger partial charge in [-0.05, 0) is 12.8 Å². The number of likely N-dealkylation sites (tertiary alicyclic amines) is 1. The second-order valence-corrected chi connectivity index (χ2v) is 4.46. The molecule has 0 bridgehead atoms. The van der Waals surface area contributed by atoms with E-state index in [-0.39, 0.29) is 24.5 Å². The van der Waals surface area contributed by atoms with E-state index in [1.807, 2.05) is 0 Å². The van der Waals surface area contributed by atoms with Gasteiger partial charge in [0.25, 0.3) is 0 Å². The van der Waals surface area contributed by atoms with Crippen molar-refractivity contribution in [1.82, 2.24) is 9.88 Å². The molecule has 110 valence electrons. The summed E-state index contributed by atoms with van der Waals surface area (Å²) in [6.07, 6.45) is -3.22. The molecule has 1 unspecified atom stereocenters. The number of carboxylic acid groups (broad SMARTS) is 1. The quantitative estimate of drug-likeness (QED) is 0.895. The summed E-state index contributed by atoms with van der Waals surface area (Å²) in [4.78, 5) is 26.3. The molecule has 1 atom stereocenters. The van der Waals surface area contributed by atoms with Crippen molar-refractivity contribution in [3.05, 3.63) is 17.8 Å². The van der Waals surface area contributed by atoms with Crippen LogP contribution in [0.25, 0.3) is 0 Å². The molecule has 1 aromatic heterocycles. The monoisotopic (exact) mass is 292 g/mol. The third kappa shape index (κ3) is 2.75. The molecule has 1 fully saturated rings. The molecule has 1 N–H and O–H groups in total. The van der Waals surface area contributed by atoms with Crippen LogP contribution in [0.5, 0.6) is 0 Å². The van der Waals surface area contributed by atoms with Crippen LogP contribution < -0.4 is 0 Å². The highest BCUT2D eigenvalue weighted by Crippen LogP contribution is 2.31. The molecule has 0 spiro atoms. The van der Waals surface area contributed by atoms with Crippen molar-refractivity contribution in [2.24, 2.45) is 0 Å². The lowest BCUT2D eigenvalue weighted by Gasteiger charge is -2.32. The van der Waals surface area contributed by atoms with Crippen molar-refractivity contribution in [3.8, 4) is 0 Å². The highest BCUT2D eigenvalue weighted by atomic mass is 19.4. The lowest BCUT2D eigenvalue weighted by molar-refractivity contribution is -0.186. The molecule has 0 aromatic carbocycles. The molecule has 1 aromatic rings. The Balaban J connectivity index is 2.17. The molecule has 9 heteroatoms. The van der Waals surface area contributed by atoms with Crippen LogP contribution in [0, 0.1) is 0 Å².